The molecule has 0 spiro atoms. The molecule has 4 aromatic rings. The van der Waals surface area contributed by atoms with E-state index in [9.17, 15) is 9.59 Å². The van der Waals surface area contributed by atoms with Gasteiger partial charge >= 0.3 is 6.09 Å². The van der Waals surface area contributed by atoms with Crippen molar-refractivity contribution in [2.75, 3.05) is 20.2 Å². The van der Waals surface area contributed by atoms with E-state index < -0.39 is 12.2 Å². The molecule has 2 amide bonds. The number of unbranched alkanes of at least 4 members (excludes halogenated alkanes) is 3. The maximum atomic E-state index is 12.8. The van der Waals surface area contributed by atoms with Crippen molar-refractivity contribution >= 4 is 12.0 Å². The fourth-order valence-electron chi connectivity index (χ4n) is 5.24. The van der Waals surface area contributed by atoms with E-state index in [2.05, 4.69) is 48.7 Å². The van der Waals surface area contributed by atoms with Crippen LogP contribution in [0.15, 0.2) is 97.1 Å². The van der Waals surface area contributed by atoms with Crippen molar-refractivity contribution in [3.05, 3.63) is 125 Å². The summed E-state index contributed by atoms with van der Waals surface area (Å²) in [6.45, 7) is 9.17. The van der Waals surface area contributed by atoms with Crippen molar-refractivity contribution in [2.24, 2.45) is 0 Å². The number of hydrogen-bond donors (Lipinski definition) is 2. The van der Waals surface area contributed by atoms with Crippen LogP contribution in [-0.2, 0) is 14.9 Å². The van der Waals surface area contributed by atoms with Crippen molar-refractivity contribution < 1.29 is 23.8 Å². The highest BCUT2D eigenvalue weighted by atomic mass is 16.6. The molecule has 2 N–H and O–H groups in total. The average molecular weight is 623 g/mol. The first-order chi connectivity index (χ1) is 22.2. The average Bonchev–Trinajstić information content (AvgIpc) is 3.06. The Morgan fingerprint density at radius 1 is 0.652 bits per heavy atom. The van der Waals surface area contributed by atoms with E-state index in [-0.39, 0.29) is 11.3 Å². The lowest BCUT2D eigenvalue weighted by atomic mass is 9.78. The number of hydrogen-bond acceptors (Lipinski definition) is 5. The molecule has 4 rings (SSSR count). The van der Waals surface area contributed by atoms with Gasteiger partial charge in [0.2, 0.25) is 5.91 Å². The second kappa shape index (κ2) is 16.5. The first-order valence-electron chi connectivity index (χ1n) is 15.9. The van der Waals surface area contributed by atoms with Crippen LogP contribution in [0.3, 0.4) is 0 Å². The highest BCUT2D eigenvalue weighted by Gasteiger charge is 2.23. The SMILES string of the molecule is COc1ccc(C(C)(C)c2ccc(Oc3ccc(C(OC(=O)NCCCCCCNC(C)=O)c4ccc(C)cc4)cc3)cc2)cc1. The van der Waals surface area contributed by atoms with Gasteiger partial charge in [-0.05, 0) is 78.4 Å². The molecular weight excluding hydrogens is 576 g/mol. The first-order valence-corrected chi connectivity index (χ1v) is 15.9. The number of carbonyl (C=O) groups is 2. The van der Waals surface area contributed by atoms with E-state index in [0.29, 0.717) is 18.8 Å². The molecular formula is C39H46N2O5. The van der Waals surface area contributed by atoms with Crippen LogP contribution in [0.1, 0.15) is 80.4 Å². The zero-order valence-electron chi connectivity index (χ0n) is 27.6. The monoisotopic (exact) mass is 622 g/mol. The van der Waals surface area contributed by atoms with Crippen LogP contribution >= 0.6 is 0 Å². The normalized spacial score (nSPS) is 11.8. The van der Waals surface area contributed by atoms with Crippen LogP contribution in [0.5, 0.6) is 17.2 Å². The predicted octanol–water partition coefficient (Wildman–Crippen LogP) is 8.63. The number of rotatable bonds is 15. The second-order valence-corrected chi connectivity index (χ2v) is 12.1. The number of ether oxygens (including phenoxy) is 3. The summed E-state index contributed by atoms with van der Waals surface area (Å²) in [5.41, 5.74) is 5.07. The van der Waals surface area contributed by atoms with Gasteiger partial charge < -0.3 is 24.8 Å². The molecule has 0 aliphatic carbocycles. The molecule has 242 valence electrons. The quantitative estimate of drug-likeness (QED) is 0.130. The second-order valence-electron chi connectivity index (χ2n) is 12.1. The number of nitrogens with one attached hydrogen (secondary N) is 2. The standard InChI is InChI=1S/C39H46N2O5/c1-28-10-12-30(13-11-28)37(46-38(43)41-27-9-7-6-8-26-40-29(2)42)31-14-20-35(21-15-31)45-36-24-18-33(19-25-36)39(3,4)32-16-22-34(44-5)23-17-32/h10-25,37H,6-9,26-27H2,1-5H3,(H,40,42)(H,41,43). The lowest BCUT2D eigenvalue weighted by Crippen LogP contribution is -2.27. The number of carbonyl (C=O) groups excluding carboxylic acids is 2. The number of benzene rings is 4. The first kappa shape index (κ1) is 34.1. The van der Waals surface area contributed by atoms with Crippen molar-refractivity contribution in [3.63, 3.8) is 0 Å². The minimum atomic E-state index is -0.563. The van der Waals surface area contributed by atoms with E-state index in [0.717, 1.165) is 53.9 Å². The molecule has 4 aromatic carbocycles. The molecule has 0 radical (unpaired) electrons. The summed E-state index contributed by atoms with van der Waals surface area (Å²) in [5.74, 6) is 2.26. The number of alkyl carbamates (subject to hydrolysis) is 1. The summed E-state index contributed by atoms with van der Waals surface area (Å²) in [5, 5.41) is 5.69. The molecule has 7 nitrogen and oxygen atoms in total. The Balaban J connectivity index is 1.36. The minimum Gasteiger partial charge on any atom is -0.497 e. The van der Waals surface area contributed by atoms with Gasteiger partial charge in [0, 0.05) is 25.4 Å². The van der Waals surface area contributed by atoms with E-state index in [1.165, 1.54) is 18.1 Å². The fraction of sp³-hybridized carbons (Fsp3) is 0.333. The Bertz CT molecular complexity index is 1530. The van der Waals surface area contributed by atoms with Crippen molar-refractivity contribution in [3.8, 4) is 17.2 Å². The summed E-state index contributed by atoms with van der Waals surface area (Å²) in [6, 6.07) is 32.0. The van der Waals surface area contributed by atoms with Crippen LogP contribution in [0, 0.1) is 6.92 Å². The van der Waals surface area contributed by atoms with Crippen LogP contribution in [0.4, 0.5) is 4.79 Å². The molecule has 46 heavy (non-hydrogen) atoms. The van der Waals surface area contributed by atoms with Gasteiger partial charge in [-0.3, -0.25) is 4.79 Å². The molecule has 1 unspecified atom stereocenters. The zero-order valence-corrected chi connectivity index (χ0v) is 27.6. The summed E-state index contributed by atoms with van der Waals surface area (Å²) in [4.78, 5) is 23.8. The highest BCUT2D eigenvalue weighted by molar-refractivity contribution is 5.72. The molecule has 0 heterocycles. The largest absolute Gasteiger partial charge is 0.497 e. The van der Waals surface area contributed by atoms with Crippen LogP contribution in [-0.4, -0.2) is 32.2 Å². The van der Waals surface area contributed by atoms with Crippen molar-refractivity contribution in [1.29, 1.82) is 0 Å². The minimum absolute atomic E-state index is 0.00860. The summed E-state index contributed by atoms with van der Waals surface area (Å²) in [6.07, 6.45) is 2.70. The Kier molecular flexibility index (Phi) is 12.2. The number of methoxy groups -OCH3 is 1. The summed E-state index contributed by atoms with van der Waals surface area (Å²) >= 11 is 0. The van der Waals surface area contributed by atoms with Gasteiger partial charge in [-0.2, -0.15) is 0 Å². The van der Waals surface area contributed by atoms with Crippen LogP contribution < -0.4 is 20.1 Å². The van der Waals surface area contributed by atoms with Crippen molar-refractivity contribution in [1.82, 2.24) is 10.6 Å². The van der Waals surface area contributed by atoms with E-state index in [1.54, 1.807) is 7.11 Å². The Hall–Kier alpha value is -4.78. The Morgan fingerprint density at radius 2 is 1.11 bits per heavy atom. The molecule has 1 atom stereocenters. The van der Waals surface area contributed by atoms with E-state index in [1.807, 2.05) is 79.7 Å². The van der Waals surface area contributed by atoms with Gasteiger partial charge in [-0.15, -0.1) is 0 Å². The Morgan fingerprint density at radius 3 is 1.61 bits per heavy atom. The molecule has 0 aliphatic rings. The van der Waals surface area contributed by atoms with E-state index >= 15 is 0 Å². The lowest BCUT2D eigenvalue weighted by molar-refractivity contribution is -0.118. The number of amides is 2. The van der Waals surface area contributed by atoms with Crippen LogP contribution in [0.2, 0.25) is 0 Å². The molecule has 0 fully saturated rings. The van der Waals surface area contributed by atoms with E-state index in [4.69, 9.17) is 14.2 Å². The van der Waals surface area contributed by atoms with Gasteiger partial charge in [-0.25, -0.2) is 4.79 Å². The third-order valence-corrected chi connectivity index (χ3v) is 8.16. The van der Waals surface area contributed by atoms with Gasteiger partial charge in [0.15, 0.2) is 6.10 Å². The van der Waals surface area contributed by atoms with Gasteiger partial charge in [-0.1, -0.05) is 92.9 Å². The highest BCUT2D eigenvalue weighted by Crippen LogP contribution is 2.34. The Labute approximate surface area is 273 Å². The molecule has 0 aromatic heterocycles. The maximum Gasteiger partial charge on any atom is 0.408 e. The van der Waals surface area contributed by atoms with Crippen LogP contribution in [0.25, 0.3) is 0 Å². The van der Waals surface area contributed by atoms with Gasteiger partial charge in [0.1, 0.15) is 17.2 Å². The maximum absolute atomic E-state index is 12.8. The summed E-state index contributed by atoms with van der Waals surface area (Å²) < 4.78 is 17.4. The predicted molar refractivity (Wildman–Crippen MR) is 183 cm³/mol. The molecule has 0 bridgehead atoms. The smallest absolute Gasteiger partial charge is 0.408 e. The molecule has 0 saturated carbocycles. The van der Waals surface area contributed by atoms with Gasteiger partial charge in [0.25, 0.3) is 0 Å². The molecule has 0 aliphatic heterocycles. The third-order valence-electron chi connectivity index (χ3n) is 8.16. The molecule has 7 heteroatoms. The zero-order chi connectivity index (χ0) is 32.9. The fourth-order valence-corrected chi connectivity index (χ4v) is 5.24. The van der Waals surface area contributed by atoms with Crippen molar-refractivity contribution in [2.45, 2.75) is 64.9 Å². The third kappa shape index (κ3) is 9.86. The molecule has 0 saturated heterocycles. The van der Waals surface area contributed by atoms with Gasteiger partial charge in [0.05, 0.1) is 7.11 Å². The lowest BCUT2D eigenvalue weighted by Gasteiger charge is -2.26. The summed E-state index contributed by atoms with van der Waals surface area (Å²) in [7, 11) is 1.67. The number of aryl methyl sites for hydroxylation is 1. The topological polar surface area (TPSA) is 85.9 Å².